The van der Waals surface area contributed by atoms with Crippen LogP contribution in [-0.4, -0.2) is 36.8 Å². The molecular formula is C8H13ClO2S2. The highest BCUT2D eigenvalue weighted by Gasteiger charge is 2.39. The predicted octanol–water partition coefficient (Wildman–Crippen LogP) is 1.39. The molecule has 0 aromatic carbocycles. The summed E-state index contributed by atoms with van der Waals surface area (Å²) in [6, 6.07) is 0. The van der Waals surface area contributed by atoms with E-state index in [-0.39, 0.29) is 5.38 Å². The van der Waals surface area contributed by atoms with E-state index in [4.69, 9.17) is 11.6 Å². The van der Waals surface area contributed by atoms with Crippen LogP contribution in [0.15, 0.2) is 0 Å². The molecule has 0 aliphatic carbocycles. The maximum Gasteiger partial charge on any atom is 0.150 e. The zero-order valence-electron chi connectivity index (χ0n) is 7.28. The second kappa shape index (κ2) is 3.63. The maximum absolute atomic E-state index is 11.3. The van der Waals surface area contributed by atoms with Crippen LogP contribution in [0.3, 0.4) is 0 Å². The van der Waals surface area contributed by atoms with Crippen molar-refractivity contribution in [3.8, 4) is 0 Å². The predicted molar refractivity (Wildman–Crippen MR) is 57.2 cm³/mol. The molecular weight excluding hydrogens is 228 g/mol. The first-order chi connectivity index (χ1) is 6.08. The van der Waals surface area contributed by atoms with Crippen molar-refractivity contribution in [1.82, 2.24) is 0 Å². The number of hydrogen-bond acceptors (Lipinski definition) is 3. The van der Waals surface area contributed by atoms with E-state index >= 15 is 0 Å². The molecule has 2 saturated heterocycles. The smallest absolute Gasteiger partial charge is 0.150 e. The summed E-state index contributed by atoms with van der Waals surface area (Å²) in [5.41, 5.74) is 0. The lowest BCUT2D eigenvalue weighted by Crippen LogP contribution is -2.23. The summed E-state index contributed by atoms with van der Waals surface area (Å²) in [7, 11) is -2.72. The molecule has 2 aliphatic heterocycles. The van der Waals surface area contributed by atoms with Gasteiger partial charge in [0.2, 0.25) is 0 Å². The molecule has 0 saturated carbocycles. The molecule has 76 valence electrons. The fourth-order valence-electron chi connectivity index (χ4n) is 2.14. The Morgan fingerprint density at radius 2 is 2.08 bits per heavy atom. The minimum Gasteiger partial charge on any atom is -0.229 e. The van der Waals surface area contributed by atoms with Crippen molar-refractivity contribution >= 4 is 33.2 Å². The topological polar surface area (TPSA) is 34.1 Å². The molecule has 5 heteroatoms. The molecule has 0 bridgehead atoms. The van der Waals surface area contributed by atoms with Crippen LogP contribution in [-0.2, 0) is 9.84 Å². The zero-order chi connectivity index (χ0) is 9.47. The van der Waals surface area contributed by atoms with Crippen LogP contribution >= 0.6 is 23.4 Å². The van der Waals surface area contributed by atoms with Crippen LogP contribution < -0.4 is 0 Å². The molecule has 0 aromatic rings. The molecule has 0 spiro atoms. The van der Waals surface area contributed by atoms with Gasteiger partial charge >= 0.3 is 0 Å². The van der Waals surface area contributed by atoms with Crippen molar-refractivity contribution in [1.29, 1.82) is 0 Å². The van der Waals surface area contributed by atoms with E-state index in [1.54, 1.807) is 0 Å². The molecule has 0 N–H and O–H groups in total. The summed E-state index contributed by atoms with van der Waals surface area (Å²) < 4.78 is 22.5. The molecule has 3 unspecified atom stereocenters. The first kappa shape index (κ1) is 10.1. The largest absolute Gasteiger partial charge is 0.229 e. The number of hydrogen-bond donors (Lipinski definition) is 0. The Bertz CT molecular complexity index is 289. The summed E-state index contributed by atoms with van der Waals surface area (Å²) in [5, 5.41) is 0.197. The van der Waals surface area contributed by atoms with E-state index in [0.29, 0.717) is 23.3 Å². The van der Waals surface area contributed by atoms with Gasteiger partial charge in [-0.15, -0.1) is 11.6 Å². The van der Waals surface area contributed by atoms with Crippen molar-refractivity contribution in [2.24, 2.45) is 11.8 Å². The van der Waals surface area contributed by atoms with Crippen LogP contribution in [0.25, 0.3) is 0 Å². The minimum absolute atomic E-state index is 0.197. The van der Waals surface area contributed by atoms with Gasteiger partial charge in [-0.2, -0.15) is 11.8 Å². The molecule has 2 nitrogen and oxygen atoms in total. The quantitative estimate of drug-likeness (QED) is 0.650. The van der Waals surface area contributed by atoms with Crippen LogP contribution in [0.1, 0.15) is 6.42 Å². The van der Waals surface area contributed by atoms with Crippen LogP contribution in [0.5, 0.6) is 0 Å². The number of thioether (sulfide) groups is 1. The lowest BCUT2D eigenvalue weighted by molar-refractivity contribution is 0.409. The standard InChI is InChI=1S/C8H13ClO2S2/c9-8-4-12-3-7(8)6-1-2-13(10,11)5-6/h6-8H,1-5H2. The Morgan fingerprint density at radius 3 is 2.54 bits per heavy atom. The summed E-state index contributed by atoms with van der Waals surface area (Å²) in [5.74, 6) is 3.56. The summed E-state index contributed by atoms with van der Waals surface area (Å²) >= 11 is 7.99. The van der Waals surface area contributed by atoms with Crippen LogP contribution in [0.2, 0.25) is 0 Å². The van der Waals surface area contributed by atoms with E-state index in [0.717, 1.165) is 17.9 Å². The number of alkyl halides is 1. The second-order valence-electron chi connectivity index (χ2n) is 3.88. The van der Waals surface area contributed by atoms with Crippen molar-refractivity contribution in [3.63, 3.8) is 0 Å². The third-order valence-corrected chi connectivity index (χ3v) is 6.60. The SMILES string of the molecule is O=S1(=O)CCC(C2CSCC2Cl)C1. The molecule has 2 rings (SSSR count). The van der Waals surface area contributed by atoms with E-state index < -0.39 is 9.84 Å². The fourth-order valence-corrected chi connectivity index (χ4v) is 6.09. The Labute approximate surface area is 88.3 Å². The average molecular weight is 241 g/mol. The van der Waals surface area contributed by atoms with E-state index in [1.165, 1.54) is 0 Å². The lowest BCUT2D eigenvalue weighted by Gasteiger charge is -2.18. The van der Waals surface area contributed by atoms with Gasteiger partial charge in [0.05, 0.1) is 11.5 Å². The van der Waals surface area contributed by atoms with Gasteiger partial charge in [-0.1, -0.05) is 0 Å². The normalized spacial score (nSPS) is 43.9. The molecule has 2 fully saturated rings. The average Bonchev–Trinajstić information content (AvgIpc) is 2.56. The van der Waals surface area contributed by atoms with Gasteiger partial charge in [-0.25, -0.2) is 8.42 Å². The van der Waals surface area contributed by atoms with Crippen molar-refractivity contribution in [2.75, 3.05) is 23.0 Å². The van der Waals surface area contributed by atoms with Crippen molar-refractivity contribution < 1.29 is 8.42 Å². The van der Waals surface area contributed by atoms with Gasteiger partial charge in [0.1, 0.15) is 0 Å². The van der Waals surface area contributed by atoms with Gasteiger partial charge in [0.25, 0.3) is 0 Å². The van der Waals surface area contributed by atoms with E-state index in [9.17, 15) is 8.42 Å². The first-order valence-corrected chi connectivity index (χ1v) is 7.92. The van der Waals surface area contributed by atoms with Crippen LogP contribution in [0, 0.1) is 11.8 Å². The Kier molecular flexibility index (Phi) is 2.82. The van der Waals surface area contributed by atoms with Gasteiger partial charge in [-0.05, 0) is 24.0 Å². The van der Waals surface area contributed by atoms with Gasteiger partial charge < -0.3 is 0 Å². The summed E-state index contributed by atoms with van der Waals surface area (Å²) in [6.45, 7) is 0. The second-order valence-corrected chi connectivity index (χ2v) is 7.74. The van der Waals surface area contributed by atoms with E-state index in [2.05, 4.69) is 0 Å². The molecule has 0 amide bonds. The third kappa shape index (κ3) is 2.16. The number of sulfone groups is 1. The summed E-state index contributed by atoms with van der Waals surface area (Å²) in [4.78, 5) is 0. The monoisotopic (exact) mass is 240 g/mol. The number of rotatable bonds is 1. The van der Waals surface area contributed by atoms with Gasteiger partial charge in [0.15, 0.2) is 9.84 Å². The summed E-state index contributed by atoms with van der Waals surface area (Å²) in [6.07, 6.45) is 0.830. The minimum atomic E-state index is -2.72. The highest BCUT2D eigenvalue weighted by Crippen LogP contribution is 2.38. The Hall–Kier alpha value is 0.590. The molecule has 2 aliphatic rings. The molecule has 13 heavy (non-hydrogen) atoms. The van der Waals surface area contributed by atoms with Gasteiger partial charge in [-0.3, -0.25) is 0 Å². The zero-order valence-corrected chi connectivity index (χ0v) is 9.67. The van der Waals surface area contributed by atoms with Crippen molar-refractivity contribution in [3.05, 3.63) is 0 Å². The van der Waals surface area contributed by atoms with Crippen LogP contribution in [0.4, 0.5) is 0 Å². The Morgan fingerprint density at radius 1 is 1.31 bits per heavy atom. The number of halogens is 1. The highest BCUT2D eigenvalue weighted by molar-refractivity contribution is 7.99. The fraction of sp³-hybridized carbons (Fsp3) is 1.00. The van der Waals surface area contributed by atoms with Crippen molar-refractivity contribution in [2.45, 2.75) is 11.8 Å². The Balaban J connectivity index is 2.03. The molecule has 0 aromatic heterocycles. The van der Waals surface area contributed by atoms with Gasteiger partial charge in [0, 0.05) is 11.1 Å². The molecule has 2 heterocycles. The molecule has 3 atom stereocenters. The van der Waals surface area contributed by atoms with E-state index in [1.807, 2.05) is 11.8 Å². The highest BCUT2D eigenvalue weighted by atomic mass is 35.5. The third-order valence-electron chi connectivity index (χ3n) is 2.93. The maximum atomic E-state index is 11.3. The molecule has 0 radical (unpaired) electrons. The lowest BCUT2D eigenvalue weighted by atomic mass is 9.91. The first-order valence-electron chi connectivity index (χ1n) is 4.51.